The van der Waals surface area contributed by atoms with Crippen LogP contribution in [0.15, 0.2) is 12.1 Å². The predicted octanol–water partition coefficient (Wildman–Crippen LogP) is 1.00. The fourth-order valence-electron chi connectivity index (χ4n) is 1.50. The standard InChI is InChI=1S/C10H9FO5/c11-3-5-1-7-8(16-4-15-7)2-6(5)9(12)10(13)14/h1-2,9,12H,3-4H2,(H,13,14). The third-order valence-electron chi connectivity index (χ3n) is 2.31. The smallest absolute Gasteiger partial charge is 0.337 e. The van der Waals surface area contributed by atoms with Crippen molar-refractivity contribution in [3.63, 3.8) is 0 Å². The van der Waals surface area contributed by atoms with Crippen LogP contribution < -0.4 is 9.47 Å². The lowest BCUT2D eigenvalue weighted by Crippen LogP contribution is -2.12. The van der Waals surface area contributed by atoms with Gasteiger partial charge >= 0.3 is 5.97 Å². The van der Waals surface area contributed by atoms with Gasteiger partial charge in [0.05, 0.1) is 0 Å². The molecule has 6 heteroatoms. The van der Waals surface area contributed by atoms with Gasteiger partial charge in [0.25, 0.3) is 0 Å². The molecule has 0 aliphatic carbocycles. The highest BCUT2D eigenvalue weighted by Gasteiger charge is 2.24. The summed E-state index contributed by atoms with van der Waals surface area (Å²) < 4.78 is 22.7. The van der Waals surface area contributed by atoms with Crippen LogP contribution in [0.1, 0.15) is 17.2 Å². The zero-order valence-electron chi connectivity index (χ0n) is 8.14. The second-order valence-corrected chi connectivity index (χ2v) is 3.28. The number of fused-ring (bicyclic) bond motifs is 1. The highest BCUT2D eigenvalue weighted by molar-refractivity contribution is 5.75. The number of benzene rings is 1. The number of carbonyl (C=O) groups is 1. The van der Waals surface area contributed by atoms with E-state index in [-0.39, 0.29) is 17.9 Å². The fraction of sp³-hybridized carbons (Fsp3) is 0.300. The third kappa shape index (κ3) is 1.67. The predicted molar refractivity (Wildman–Crippen MR) is 50.0 cm³/mol. The van der Waals surface area contributed by atoms with E-state index in [1.165, 1.54) is 12.1 Å². The molecule has 1 aromatic rings. The molecule has 0 radical (unpaired) electrons. The van der Waals surface area contributed by atoms with Crippen molar-refractivity contribution in [3.8, 4) is 11.5 Å². The molecular formula is C10H9FO5. The van der Waals surface area contributed by atoms with E-state index in [0.29, 0.717) is 11.5 Å². The van der Waals surface area contributed by atoms with E-state index in [2.05, 4.69) is 0 Å². The van der Waals surface area contributed by atoms with Crippen LogP contribution in [0.4, 0.5) is 4.39 Å². The number of aliphatic carboxylic acids is 1. The third-order valence-corrected chi connectivity index (χ3v) is 2.31. The molecule has 2 rings (SSSR count). The number of aliphatic hydroxyl groups excluding tert-OH is 1. The highest BCUT2D eigenvalue weighted by Crippen LogP contribution is 2.37. The first kappa shape index (κ1) is 10.7. The average molecular weight is 228 g/mol. The van der Waals surface area contributed by atoms with Gasteiger partial charge in [0, 0.05) is 5.56 Å². The minimum Gasteiger partial charge on any atom is -0.479 e. The molecule has 1 atom stereocenters. The Balaban J connectivity index is 2.47. The van der Waals surface area contributed by atoms with Gasteiger partial charge in [-0.05, 0) is 17.7 Å². The van der Waals surface area contributed by atoms with Gasteiger partial charge in [-0.2, -0.15) is 0 Å². The Morgan fingerprint density at radius 3 is 2.62 bits per heavy atom. The lowest BCUT2D eigenvalue weighted by molar-refractivity contribution is -0.147. The second-order valence-electron chi connectivity index (χ2n) is 3.28. The van der Waals surface area contributed by atoms with Crippen LogP contribution in [0, 0.1) is 0 Å². The molecule has 0 fully saturated rings. The largest absolute Gasteiger partial charge is 0.479 e. The molecule has 0 bridgehead atoms. The summed E-state index contributed by atoms with van der Waals surface area (Å²) in [6.07, 6.45) is -1.76. The number of hydrogen-bond donors (Lipinski definition) is 2. The first-order chi connectivity index (χ1) is 7.63. The van der Waals surface area contributed by atoms with E-state index >= 15 is 0 Å². The zero-order chi connectivity index (χ0) is 11.7. The minimum absolute atomic E-state index is 0.00762. The quantitative estimate of drug-likeness (QED) is 0.807. The number of rotatable bonds is 3. The summed E-state index contributed by atoms with van der Waals surface area (Å²) in [6.45, 7) is -0.871. The van der Waals surface area contributed by atoms with Gasteiger partial charge < -0.3 is 19.7 Å². The first-order valence-electron chi connectivity index (χ1n) is 4.52. The number of alkyl halides is 1. The van der Waals surface area contributed by atoms with Crippen LogP contribution in [-0.4, -0.2) is 23.0 Å². The number of hydrogen-bond acceptors (Lipinski definition) is 4. The molecule has 5 nitrogen and oxygen atoms in total. The maximum absolute atomic E-state index is 12.7. The molecule has 0 amide bonds. The van der Waals surface area contributed by atoms with Gasteiger partial charge in [-0.3, -0.25) is 0 Å². The SMILES string of the molecule is O=C(O)C(O)c1cc2c(cc1CF)OCO2. The molecule has 1 heterocycles. The normalized spacial score (nSPS) is 14.9. The number of ether oxygens (including phenoxy) is 2. The van der Waals surface area contributed by atoms with Gasteiger partial charge in [-0.15, -0.1) is 0 Å². The lowest BCUT2D eigenvalue weighted by Gasteiger charge is -2.11. The zero-order valence-corrected chi connectivity index (χ0v) is 8.14. The minimum atomic E-state index is -1.76. The fourth-order valence-corrected chi connectivity index (χ4v) is 1.50. The van der Waals surface area contributed by atoms with Gasteiger partial charge in [0.1, 0.15) is 6.67 Å². The van der Waals surface area contributed by atoms with Crippen LogP contribution in [0.3, 0.4) is 0 Å². The summed E-state index contributed by atoms with van der Waals surface area (Å²) in [5, 5.41) is 18.0. The topological polar surface area (TPSA) is 76.0 Å². The Morgan fingerprint density at radius 1 is 1.44 bits per heavy atom. The van der Waals surface area contributed by atoms with Crippen LogP contribution in [0.25, 0.3) is 0 Å². The van der Waals surface area contributed by atoms with Crippen LogP contribution in [0.2, 0.25) is 0 Å². The van der Waals surface area contributed by atoms with Crippen molar-refractivity contribution in [3.05, 3.63) is 23.3 Å². The average Bonchev–Trinajstić information content (AvgIpc) is 2.72. The van der Waals surface area contributed by atoms with E-state index in [0.717, 1.165) is 0 Å². The molecule has 1 aliphatic rings. The monoisotopic (exact) mass is 228 g/mol. The van der Waals surface area contributed by atoms with E-state index in [1.54, 1.807) is 0 Å². The Labute approximate surface area is 90.0 Å². The summed E-state index contributed by atoms with van der Waals surface area (Å²) >= 11 is 0. The summed E-state index contributed by atoms with van der Waals surface area (Å²) in [4.78, 5) is 10.6. The number of halogens is 1. The van der Waals surface area contributed by atoms with Crippen LogP contribution >= 0.6 is 0 Å². The van der Waals surface area contributed by atoms with Crippen LogP contribution in [-0.2, 0) is 11.5 Å². The Hall–Kier alpha value is -1.82. The molecule has 0 spiro atoms. The van der Waals surface area contributed by atoms with Crippen molar-refractivity contribution >= 4 is 5.97 Å². The van der Waals surface area contributed by atoms with Crippen molar-refractivity contribution in [2.75, 3.05) is 6.79 Å². The van der Waals surface area contributed by atoms with Gasteiger partial charge in [-0.1, -0.05) is 0 Å². The summed E-state index contributed by atoms with van der Waals surface area (Å²) in [5.74, 6) is -0.768. The van der Waals surface area contributed by atoms with E-state index in [1.807, 2.05) is 0 Å². The molecule has 16 heavy (non-hydrogen) atoms. The van der Waals surface area contributed by atoms with Crippen molar-refractivity contribution in [1.29, 1.82) is 0 Å². The molecule has 1 aliphatic heterocycles. The molecule has 0 saturated heterocycles. The Bertz CT molecular complexity index is 431. The van der Waals surface area contributed by atoms with E-state index < -0.39 is 18.7 Å². The van der Waals surface area contributed by atoms with E-state index in [4.69, 9.17) is 14.6 Å². The molecule has 1 unspecified atom stereocenters. The molecule has 0 saturated carbocycles. The van der Waals surface area contributed by atoms with Gasteiger partial charge in [0.15, 0.2) is 17.6 Å². The summed E-state index contributed by atoms with van der Waals surface area (Å²) in [6, 6.07) is 2.62. The van der Waals surface area contributed by atoms with Crippen LogP contribution in [0.5, 0.6) is 11.5 Å². The first-order valence-corrected chi connectivity index (χ1v) is 4.52. The lowest BCUT2D eigenvalue weighted by atomic mass is 10.0. The Kier molecular flexibility index (Phi) is 2.66. The van der Waals surface area contributed by atoms with Gasteiger partial charge in [-0.25, -0.2) is 9.18 Å². The number of carboxylic acid groups (broad SMARTS) is 1. The molecule has 86 valence electrons. The number of aliphatic hydroxyl groups is 1. The molecule has 1 aromatic carbocycles. The Morgan fingerprint density at radius 2 is 2.06 bits per heavy atom. The van der Waals surface area contributed by atoms with Crippen molar-refractivity contribution in [2.24, 2.45) is 0 Å². The van der Waals surface area contributed by atoms with Crippen molar-refractivity contribution in [2.45, 2.75) is 12.8 Å². The summed E-state index contributed by atoms with van der Waals surface area (Å²) in [7, 11) is 0. The second kappa shape index (κ2) is 3.97. The number of carboxylic acids is 1. The van der Waals surface area contributed by atoms with Gasteiger partial charge in [0.2, 0.25) is 6.79 Å². The molecule has 0 aromatic heterocycles. The van der Waals surface area contributed by atoms with E-state index in [9.17, 15) is 14.3 Å². The highest BCUT2D eigenvalue weighted by atomic mass is 19.1. The molecular weight excluding hydrogens is 219 g/mol. The maximum Gasteiger partial charge on any atom is 0.337 e. The maximum atomic E-state index is 12.7. The summed E-state index contributed by atoms with van der Waals surface area (Å²) in [5.41, 5.74) is 0.0680. The van der Waals surface area contributed by atoms with Crippen molar-refractivity contribution < 1.29 is 28.9 Å². The molecule has 2 N–H and O–H groups in total. The van der Waals surface area contributed by atoms with Crippen molar-refractivity contribution in [1.82, 2.24) is 0 Å².